The number of ether oxygens (including phenoxy) is 2. The van der Waals surface area contributed by atoms with E-state index in [0.29, 0.717) is 39.5 Å². The van der Waals surface area contributed by atoms with Gasteiger partial charge < -0.3 is 14.8 Å². The van der Waals surface area contributed by atoms with Crippen molar-refractivity contribution in [1.29, 1.82) is 0 Å². The van der Waals surface area contributed by atoms with Crippen molar-refractivity contribution in [3.63, 3.8) is 0 Å². The zero-order valence-electron chi connectivity index (χ0n) is 15.5. The van der Waals surface area contributed by atoms with E-state index in [2.05, 4.69) is 5.32 Å². The standard InChI is InChI=1S/C23H18FNO3/c1-27-19-10-6-9-17(24)20(19)15-11-12-18-16(13-15)21(23(26)25-18)22(28-2)14-7-4-3-5-8-14/h3-13H,1-2H3,(H,25,26)/b22-21-. The molecule has 4 nitrogen and oxygen atoms in total. The molecule has 3 aromatic rings. The Balaban J connectivity index is 1.93. The summed E-state index contributed by atoms with van der Waals surface area (Å²) in [5, 5.41) is 2.85. The van der Waals surface area contributed by atoms with Crippen LogP contribution in [0.5, 0.6) is 5.75 Å². The fourth-order valence-corrected chi connectivity index (χ4v) is 3.46. The molecule has 0 fully saturated rings. The third-order valence-electron chi connectivity index (χ3n) is 4.72. The molecule has 4 rings (SSSR count). The molecule has 1 N–H and O–H groups in total. The second kappa shape index (κ2) is 7.19. The van der Waals surface area contributed by atoms with Crippen molar-refractivity contribution in [2.75, 3.05) is 19.5 Å². The Kier molecular flexibility index (Phi) is 4.57. The summed E-state index contributed by atoms with van der Waals surface area (Å²) in [6.45, 7) is 0. The number of amides is 1. The molecular formula is C23H18FNO3. The van der Waals surface area contributed by atoms with Crippen LogP contribution in [0.1, 0.15) is 11.1 Å². The maximum Gasteiger partial charge on any atom is 0.260 e. The lowest BCUT2D eigenvalue weighted by Gasteiger charge is -2.12. The van der Waals surface area contributed by atoms with Gasteiger partial charge in [0.15, 0.2) is 0 Å². The quantitative estimate of drug-likeness (QED) is 0.517. The summed E-state index contributed by atoms with van der Waals surface area (Å²) in [4.78, 5) is 12.7. The molecule has 28 heavy (non-hydrogen) atoms. The third kappa shape index (κ3) is 2.91. The van der Waals surface area contributed by atoms with Gasteiger partial charge in [-0.1, -0.05) is 42.5 Å². The van der Waals surface area contributed by atoms with Gasteiger partial charge in [-0.3, -0.25) is 4.79 Å². The van der Waals surface area contributed by atoms with Crippen LogP contribution in [0.25, 0.3) is 22.5 Å². The molecule has 0 aliphatic carbocycles. The molecule has 0 bridgehead atoms. The number of methoxy groups -OCH3 is 2. The molecular weight excluding hydrogens is 357 g/mol. The van der Waals surface area contributed by atoms with E-state index in [-0.39, 0.29) is 5.91 Å². The first-order valence-electron chi connectivity index (χ1n) is 8.76. The summed E-state index contributed by atoms with van der Waals surface area (Å²) in [6.07, 6.45) is 0. The molecule has 5 heteroatoms. The van der Waals surface area contributed by atoms with E-state index >= 15 is 0 Å². The summed E-state index contributed by atoms with van der Waals surface area (Å²) < 4.78 is 25.4. The number of halogens is 1. The summed E-state index contributed by atoms with van der Waals surface area (Å²) in [6, 6.07) is 19.4. The Morgan fingerprint density at radius 1 is 0.964 bits per heavy atom. The normalized spacial score (nSPS) is 14.3. The van der Waals surface area contributed by atoms with Crippen LogP contribution >= 0.6 is 0 Å². The molecule has 1 aliphatic heterocycles. The lowest BCUT2D eigenvalue weighted by atomic mass is 9.96. The van der Waals surface area contributed by atoms with Crippen LogP contribution in [0.2, 0.25) is 0 Å². The molecule has 1 aliphatic rings. The number of anilines is 1. The van der Waals surface area contributed by atoms with Gasteiger partial charge in [0, 0.05) is 16.8 Å². The SMILES string of the molecule is CO/C(=C1\C(=O)Nc2ccc(-c3c(F)cccc3OC)cc21)c1ccccc1. The van der Waals surface area contributed by atoms with Crippen molar-refractivity contribution in [3.8, 4) is 16.9 Å². The van der Waals surface area contributed by atoms with Crippen molar-refractivity contribution in [2.24, 2.45) is 0 Å². The van der Waals surface area contributed by atoms with Crippen molar-refractivity contribution in [2.45, 2.75) is 0 Å². The summed E-state index contributed by atoms with van der Waals surface area (Å²) in [5.74, 6) is 0.248. The van der Waals surface area contributed by atoms with Crippen molar-refractivity contribution < 1.29 is 18.7 Å². The van der Waals surface area contributed by atoms with Crippen LogP contribution < -0.4 is 10.1 Å². The van der Waals surface area contributed by atoms with Gasteiger partial charge in [-0.25, -0.2) is 4.39 Å². The zero-order valence-corrected chi connectivity index (χ0v) is 15.5. The average Bonchev–Trinajstić information content (AvgIpc) is 3.04. The Hall–Kier alpha value is -3.60. The van der Waals surface area contributed by atoms with Crippen molar-refractivity contribution in [1.82, 2.24) is 0 Å². The number of nitrogens with one attached hydrogen (secondary N) is 1. The van der Waals surface area contributed by atoms with Gasteiger partial charge in [-0.15, -0.1) is 0 Å². The predicted octanol–water partition coefficient (Wildman–Crippen LogP) is 4.97. The fraction of sp³-hybridized carbons (Fsp3) is 0.0870. The highest BCUT2D eigenvalue weighted by Crippen LogP contribution is 2.41. The smallest absolute Gasteiger partial charge is 0.260 e. The minimum absolute atomic E-state index is 0.256. The highest BCUT2D eigenvalue weighted by Gasteiger charge is 2.30. The predicted molar refractivity (Wildman–Crippen MR) is 107 cm³/mol. The van der Waals surface area contributed by atoms with Gasteiger partial charge in [0.1, 0.15) is 17.3 Å². The van der Waals surface area contributed by atoms with Crippen LogP contribution in [0.3, 0.4) is 0 Å². The van der Waals surface area contributed by atoms with E-state index in [4.69, 9.17) is 9.47 Å². The lowest BCUT2D eigenvalue weighted by molar-refractivity contribution is -0.110. The van der Waals surface area contributed by atoms with Crippen LogP contribution in [-0.4, -0.2) is 20.1 Å². The van der Waals surface area contributed by atoms with E-state index < -0.39 is 5.82 Å². The molecule has 3 aromatic carbocycles. The molecule has 0 spiro atoms. The zero-order chi connectivity index (χ0) is 19.7. The molecule has 0 saturated carbocycles. The van der Waals surface area contributed by atoms with Gasteiger partial charge in [0.05, 0.1) is 25.4 Å². The molecule has 0 atom stereocenters. The second-order valence-corrected chi connectivity index (χ2v) is 6.31. The van der Waals surface area contributed by atoms with Crippen molar-refractivity contribution >= 4 is 22.9 Å². The largest absolute Gasteiger partial charge is 0.496 e. The minimum Gasteiger partial charge on any atom is -0.496 e. The van der Waals surface area contributed by atoms with E-state index in [9.17, 15) is 9.18 Å². The number of hydrogen-bond acceptors (Lipinski definition) is 3. The van der Waals surface area contributed by atoms with Crippen LogP contribution in [0, 0.1) is 5.82 Å². The van der Waals surface area contributed by atoms with Crippen molar-refractivity contribution in [3.05, 3.63) is 83.7 Å². The Morgan fingerprint density at radius 3 is 2.46 bits per heavy atom. The van der Waals surface area contributed by atoms with Gasteiger partial charge in [-0.2, -0.15) is 0 Å². The molecule has 1 heterocycles. The molecule has 0 unspecified atom stereocenters. The summed E-state index contributed by atoms with van der Waals surface area (Å²) in [5.41, 5.74) is 3.49. The molecule has 1 amide bonds. The minimum atomic E-state index is -0.392. The lowest BCUT2D eigenvalue weighted by Crippen LogP contribution is -2.06. The van der Waals surface area contributed by atoms with E-state index in [0.717, 1.165) is 5.56 Å². The maximum atomic E-state index is 14.5. The van der Waals surface area contributed by atoms with E-state index in [1.807, 2.05) is 30.3 Å². The van der Waals surface area contributed by atoms with Gasteiger partial charge >= 0.3 is 0 Å². The highest BCUT2D eigenvalue weighted by atomic mass is 19.1. The number of carbonyl (C=O) groups excluding carboxylic acids is 1. The number of carbonyl (C=O) groups is 1. The first kappa shape index (κ1) is 17.8. The fourth-order valence-electron chi connectivity index (χ4n) is 3.46. The van der Waals surface area contributed by atoms with Gasteiger partial charge in [0.2, 0.25) is 0 Å². The molecule has 140 valence electrons. The number of fused-ring (bicyclic) bond motifs is 1. The molecule has 0 aromatic heterocycles. The molecule has 0 saturated heterocycles. The summed E-state index contributed by atoms with van der Waals surface area (Å²) in [7, 11) is 3.03. The monoisotopic (exact) mass is 375 g/mol. The molecule has 0 radical (unpaired) electrons. The highest BCUT2D eigenvalue weighted by molar-refractivity contribution is 6.36. The Bertz CT molecular complexity index is 1090. The number of rotatable bonds is 4. The van der Waals surface area contributed by atoms with E-state index in [1.54, 1.807) is 30.3 Å². The van der Waals surface area contributed by atoms with Gasteiger partial charge in [0.25, 0.3) is 5.91 Å². The average molecular weight is 375 g/mol. The number of benzene rings is 3. The first-order valence-corrected chi connectivity index (χ1v) is 8.76. The van der Waals surface area contributed by atoms with E-state index in [1.165, 1.54) is 20.3 Å². The second-order valence-electron chi connectivity index (χ2n) is 6.31. The third-order valence-corrected chi connectivity index (χ3v) is 4.72. The first-order chi connectivity index (χ1) is 13.6. The number of hydrogen-bond donors (Lipinski definition) is 1. The Labute approximate surface area is 162 Å². The van der Waals surface area contributed by atoms with Crippen LogP contribution in [0.4, 0.5) is 10.1 Å². The van der Waals surface area contributed by atoms with Crippen LogP contribution in [-0.2, 0) is 9.53 Å². The van der Waals surface area contributed by atoms with Gasteiger partial charge in [-0.05, 0) is 29.8 Å². The maximum absolute atomic E-state index is 14.5. The topological polar surface area (TPSA) is 47.6 Å². The Morgan fingerprint density at radius 2 is 1.75 bits per heavy atom. The van der Waals surface area contributed by atoms with Crippen LogP contribution in [0.15, 0.2) is 66.7 Å². The summed E-state index contributed by atoms with van der Waals surface area (Å²) >= 11 is 0.